The van der Waals surface area contributed by atoms with Gasteiger partial charge in [-0.1, -0.05) is 13.8 Å². The van der Waals surface area contributed by atoms with Crippen molar-refractivity contribution >= 4 is 5.91 Å². The molecule has 15 heavy (non-hydrogen) atoms. The number of hydrogen-bond acceptors (Lipinski definition) is 3. The van der Waals surface area contributed by atoms with E-state index in [1.807, 2.05) is 11.9 Å². The van der Waals surface area contributed by atoms with Crippen LogP contribution in [-0.2, 0) is 4.79 Å². The molecule has 1 N–H and O–H groups in total. The third-order valence-corrected chi connectivity index (χ3v) is 3.62. The standard InChI is InChI=1S/C11H21N3O/c1-8(2)10-6-14-7-11(15)13(3)5-9(14)4-12-10/h8-10,12H,4-7H2,1-3H3. The third kappa shape index (κ3) is 2.16. The molecule has 2 rings (SSSR count). The third-order valence-electron chi connectivity index (χ3n) is 3.62. The first kappa shape index (κ1) is 10.9. The quantitative estimate of drug-likeness (QED) is 0.650. The van der Waals surface area contributed by atoms with Crippen LogP contribution in [0.3, 0.4) is 0 Å². The summed E-state index contributed by atoms with van der Waals surface area (Å²) < 4.78 is 0. The molecule has 1 amide bonds. The number of amides is 1. The largest absolute Gasteiger partial charge is 0.343 e. The number of fused-ring (bicyclic) bond motifs is 1. The van der Waals surface area contributed by atoms with Crippen LogP contribution in [0.5, 0.6) is 0 Å². The molecule has 0 saturated carbocycles. The van der Waals surface area contributed by atoms with Gasteiger partial charge in [0, 0.05) is 38.8 Å². The zero-order valence-electron chi connectivity index (χ0n) is 9.86. The molecule has 2 aliphatic heterocycles. The van der Waals surface area contributed by atoms with Crippen LogP contribution in [0.25, 0.3) is 0 Å². The van der Waals surface area contributed by atoms with Gasteiger partial charge in [0.15, 0.2) is 0 Å². The van der Waals surface area contributed by atoms with Crippen molar-refractivity contribution in [3.05, 3.63) is 0 Å². The van der Waals surface area contributed by atoms with E-state index in [1.54, 1.807) is 0 Å². The molecule has 0 aromatic heterocycles. The van der Waals surface area contributed by atoms with E-state index in [4.69, 9.17) is 0 Å². The van der Waals surface area contributed by atoms with E-state index in [0.29, 0.717) is 24.5 Å². The van der Waals surface area contributed by atoms with E-state index in [0.717, 1.165) is 19.6 Å². The van der Waals surface area contributed by atoms with Gasteiger partial charge in [0.25, 0.3) is 0 Å². The molecule has 2 atom stereocenters. The molecule has 4 nitrogen and oxygen atoms in total. The lowest BCUT2D eigenvalue weighted by Crippen LogP contribution is -2.65. The number of carbonyl (C=O) groups excluding carboxylic acids is 1. The monoisotopic (exact) mass is 211 g/mol. The first-order chi connectivity index (χ1) is 7.08. The molecule has 0 spiro atoms. The molecule has 86 valence electrons. The zero-order chi connectivity index (χ0) is 11.0. The van der Waals surface area contributed by atoms with Gasteiger partial charge in [-0.15, -0.1) is 0 Å². The molecule has 0 aromatic carbocycles. The molecule has 0 aromatic rings. The Morgan fingerprint density at radius 1 is 1.40 bits per heavy atom. The van der Waals surface area contributed by atoms with Crippen LogP contribution in [0.15, 0.2) is 0 Å². The second-order valence-corrected chi connectivity index (χ2v) is 5.12. The lowest BCUT2D eigenvalue weighted by molar-refractivity contribution is -0.138. The van der Waals surface area contributed by atoms with Crippen LogP contribution in [0, 0.1) is 5.92 Å². The van der Waals surface area contributed by atoms with Crippen molar-refractivity contribution in [2.75, 3.05) is 33.2 Å². The van der Waals surface area contributed by atoms with Crippen LogP contribution < -0.4 is 5.32 Å². The Bertz CT molecular complexity index is 254. The lowest BCUT2D eigenvalue weighted by Gasteiger charge is -2.46. The number of carbonyl (C=O) groups is 1. The Morgan fingerprint density at radius 2 is 2.13 bits per heavy atom. The van der Waals surface area contributed by atoms with E-state index >= 15 is 0 Å². The van der Waals surface area contributed by atoms with E-state index in [1.165, 1.54) is 0 Å². The van der Waals surface area contributed by atoms with E-state index < -0.39 is 0 Å². The normalized spacial score (nSPS) is 33.3. The van der Waals surface area contributed by atoms with Gasteiger partial charge in [-0.3, -0.25) is 9.69 Å². The van der Waals surface area contributed by atoms with Crippen molar-refractivity contribution < 1.29 is 4.79 Å². The summed E-state index contributed by atoms with van der Waals surface area (Å²) in [6.07, 6.45) is 0. The number of likely N-dealkylation sites (N-methyl/N-ethyl adjacent to an activating group) is 1. The molecule has 2 fully saturated rings. The minimum Gasteiger partial charge on any atom is -0.343 e. The van der Waals surface area contributed by atoms with Crippen LogP contribution in [-0.4, -0.2) is 61.0 Å². The summed E-state index contributed by atoms with van der Waals surface area (Å²) in [6.45, 7) is 7.97. The highest BCUT2D eigenvalue weighted by Crippen LogP contribution is 2.16. The van der Waals surface area contributed by atoms with Gasteiger partial charge < -0.3 is 10.2 Å². The highest BCUT2D eigenvalue weighted by molar-refractivity contribution is 5.78. The average molecular weight is 211 g/mol. The number of hydrogen-bond donors (Lipinski definition) is 1. The topological polar surface area (TPSA) is 35.6 Å². The predicted molar refractivity (Wildman–Crippen MR) is 59.6 cm³/mol. The molecule has 4 heteroatoms. The van der Waals surface area contributed by atoms with Crippen LogP contribution in [0.1, 0.15) is 13.8 Å². The van der Waals surface area contributed by atoms with Crippen molar-refractivity contribution in [1.29, 1.82) is 0 Å². The van der Waals surface area contributed by atoms with E-state index in [-0.39, 0.29) is 5.91 Å². The number of nitrogens with zero attached hydrogens (tertiary/aromatic N) is 2. The highest BCUT2D eigenvalue weighted by atomic mass is 16.2. The van der Waals surface area contributed by atoms with Crippen molar-refractivity contribution in [2.24, 2.45) is 5.92 Å². The summed E-state index contributed by atoms with van der Waals surface area (Å²) >= 11 is 0. The Labute approximate surface area is 91.6 Å². The summed E-state index contributed by atoms with van der Waals surface area (Å²) in [7, 11) is 1.90. The minimum absolute atomic E-state index is 0.260. The molecule has 0 radical (unpaired) electrons. The van der Waals surface area contributed by atoms with Gasteiger partial charge in [-0.25, -0.2) is 0 Å². The van der Waals surface area contributed by atoms with Gasteiger partial charge in [0.2, 0.25) is 5.91 Å². The van der Waals surface area contributed by atoms with Crippen LogP contribution in [0.2, 0.25) is 0 Å². The van der Waals surface area contributed by atoms with E-state index in [2.05, 4.69) is 24.1 Å². The van der Waals surface area contributed by atoms with Crippen molar-refractivity contribution in [3.8, 4) is 0 Å². The molecular weight excluding hydrogens is 190 g/mol. The van der Waals surface area contributed by atoms with Gasteiger partial charge >= 0.3 is 0 Å². The van der Waals surface area contributed by atoms with Gasteiger partial charge in [-0.2, -0.15) is 0 Å². The van der Waals surface area contributed by atoms with Crippen LogP contribution >= 0.6 is 0 Å². The first-order valence-corrected chi connectivity index (χ1v) is 5.79. The molecule has 2 heterocycles. The van der Waals surface area contributed by atoms with E-state index in [9.17, 15) is 4.79 Å². The van der Waals surface area contributed by atoms with Crippen molar-refractivity contribution in [1.82, 2.24) is 15.1 Å². The molecule has 0 aliphatic carbocycles. The second kappa shape index (κ2) is 4.10. The maximum absolute atomic E-state index is 11.6. The van der Waals surface area contributed by atoms with Crippen molar-refractivity contribution in [2.45, 2.75) is 25.9 Å². The first-order valence-electron chi connectivity index (χ1n) is 5.79. The maximum atomic E-state index is 11.6. The Balaban J connectivity index is 1.99. The number of piperazine rings is 2. The molecule has 2 aliphatic rings. The van der Waals surface area contributed by atoms with Crippen LogP contribution in [0.4, 0.5) is 0 Å². The van der Waals surface area contributed by atoms with Gasteiger partial charge in [-0.05, 0) is 5.92 Å². The fourth-order valence-electron chi connectivity index (χ4n) is 2.42. The fourth-order valence-corrected chi connectivity index (χ4v) is 2.42. The summed E-state index contributed by atoms with van der Waals surface area (Å²) in [5.41, 5.74) is 0. The van der Waals surface area contributed by atoms with Gasteiger partial charge in [0.1, 0.15) is 0 Å². The predicted octanol–water partition coefficient (Wildman–Crippen LogP) is -0.243. The minimum atomic E-state index is 0.260. The summed E-state index contributed by atoms with van der Waals surface area (Å²) in [5.74, 6) is 0.899. The summed E-state index contributed by atoms with van der Waals surface area (Å²) in [4.78, 5) is 15.8. The molecule has 2 unspecified atom stereocenters. The zero-order valence-corrected chi connectivity index (χ0v) is 9.86. The second-order valence-electron chi connectivity index (χ2n) is 5.12. The molecule has 2 saturated heterocycles. The van der Waals surface area contributed by atoms with Gasteiger partial charge in [0.05, 0.1) is 6.54 Å². The maximum Gasteiger partial charge on any atom is 0.236 e. The summed E-state index contributed by atoms with van der Waals surface area (Å²) in [5, 5.41) is 3.57. The lowest BCUT2D eigenvalue weighted by atomic mass is 9.98. The Morgan fingerprint density at radius 3 is 2.80 bits per heavy atom. The van der Waals surface area contributed by atoms with Crippen molar-refractivity contribution in [3.63, 3.8) is 0 Å². The SMILES string of the molecule is CC(C)C1CN2CC(=O)N(C)CC2CN1. The molecular formula is C11H21N3O. The smallest absolute Gasteiger partial charge is 0.236 e. The fraction of sp³-hybridized carbons (Fsp3) is 0.909. The molecule has 0 bridgehead atoms. The number of rotatable bonds is 1. The average Bonchev–Trinajstić information content (AvgIpc) is 2.19. The number of nitrogens with one attached hydrogen (secondary N) is 1. The highest BCUT2D eigenvalue weighted by Gasteiger charge is 2.35. The Kier molecular flexibility index (Phi) is 2.98. The Hall–Kier alpha value is -0.610. The summed E-state index contributed by atoms with van der Waals surface area (Å²) in [6, 6.07) is 1.06.